The van der Waals surface area contributed by atoms with Crippen molar-refractivity contribution < 1.29 is 9.72 Å². The average molecular weight is 393 g/mol. The van der Waals surface area contributed by atoms with E-state index in [0.717, 1.165) is 21.2 Å². The zero-order chi connectivity index (χ0) is 20.1. The number of benzene rings is 3. The van der Waals surface area contributed by atoms with E-state index < -0.39 is 4.92 Å². The molecule has 142 valence electrons. The van der Waals surface area contributed by atoms with E-state index in [1.165, 1.54) is 23.9 Å². The Morgan fingerprint density at radius 2 is 1.64 bits per heavy atom. The molecule has 0 aromatic heterocycles. The van der Waals surface area contributed by atoms with Gasteiger partial charge in [-0.2, -0.15) is 0 Å². The predicted molar refractivity (Wildman–Crippen MR) is 112 cm³/mol. The largest absolute Gasteiger partial charge is 0.378 e. The molecular weight excluding hydrogens is 374 g/mol. The van der Waals surface area contributed by atoms with Gasteiger partial charge in [-0.1, -0.05) is 17.8 Å². The van der Waals surface area contributed by atoms with E-state index in [2.05, 4.69) is 5.32 Å². The van der Waals surface area contributed by atoms with Crippen LogP contribution in [0.1, 0.15) is 10.4 Å². The molecule has 7 heteroatoms. The summed E-state index contributed by atoms with van der Waals surface area (Å²) in [6, 6.07) is 21.2. The summed E-state index contributed by atoms with van der Waals surface area (Å²) < 4.78 is 0. The van der Waals surface area contributed by atoms with Crippen molar-refractivity contribution in [2.45, 2.75) is 9.79 Å². The first-order valence-corrected chi connectivity index (χ1v) is 9.35. The molecule has 0 spiro atoms. The number of non-ortho nitro benzene ring substituents is 1. The SMILES string of the molecule is CN(C)c1ccc(NC(=O)c2cccc(Sc3ccc([N+](=O)[O-])cc3)c2)cc1. The van der Waals surface area contributed by atoms with Crippen LogP contribution in [0.25, 0.3) is 0 Å². The lowest BCUT2D eigenvalue weighted by molar-refractivity contribution is -0.384. The molecule has 1 amide bonds. The van der Waals surface area contributed by atoms with E-state index in [1.54, 1.807) is 24.3 Å². The summed E-state index contributed by atoms with van der Waals surface area (Å²) in [5, 5.41) is 13.6. The Balaban J connectivity index is 1.69. The van der Waals surface area contributed by atoms with Crippen molar-refractivity contribution in [3.63, 3.8) is 0 Å². The molecule has 0 aliphatic rings. The van der Waals surface area contributed by atoms with E-state index in [0.29, 0.717) is 5.56 Å². The first-order chi connectivity index (χ1) is 13.4. The van der Waals surface area contributed by atoms with Crippen LogP contribution >= 0.6 is 11.8 Å². The van der Waals surface area contributed by atoms with Gasteiger partial charge in [-0.3, -0.25) is 14.9 Å². The zero-order valence-electron chi connectivity index (χ0n) is 15.5. The fourth-order valence-electron chi connectivity index (χ4n) is 2.52. The maximum Gasteiger partial charge on any atom is 0.269 e. The Kier molecular flexibility index (Phi) is 5.96. The zero-order valence-corrected chi connectivity index (χ0v) is 16.3. The lowest BCUT2D eigenvalue weighted by Crippen LogP contribution is -2.12. The fourth-order valence-corrected chi connectivity index (χ4v) is 3.40. The Bertz CT molecular complexity index is 987. The normalized spacial score (nSPS) is 10.4. The number of carbonyl (C=O) groups is 1. The van der Waals surface area contributed by atoms with Crippen LogP contribution < -0.4 is 10.2 Å². The molecule has 0 unspecified atom stereocenters. The molecule has 1 N–H and O–H groups in total. The second-order valence-electron chi connectivity index (χ2n) is 6.28. The van der Waals surface area contributed by atoms with Crippen molar-refractivity contribution in [2.24, 2.45) is 0 Å². The third kappa shape index (κ3) is 4.89. The van der Waals surface area contributed by atoms with E-state index in [9.17, 15) is 14.9 Å². The molecule has 0 atom stereocenters. The minimum atomic E-state index is -0.426. The molecule has 3 rings (SSSR count). The Morgan fingerprint density at radius 1 is 0.964 bits per heavy atom. The molecule has 6 nitrogen and oxygen atoms in total. The maximum atomic E-state index is 12.6. The highest BCUT2D eigenvalue weighted by molar-refractivity contribution is 7.99. The molecule has 0 fully saturated rings. The van der Waals surface area contributed by atoms with Gasteiger partial charge in [0.25, 0.3) is 11.6 Å². The smallest absolute Gasteiger partial charge is 0.269 e. The monoisotopic (exact) mass is 393 g/mol. The van der Waals surface area contributed by atoms with Gasteiger partial charge in [0.1, 0.15) is 0 Å². The van der Waals surface area contributed by atoms with Crippen LogP contribution in [-0.2, 0) is 0 Å². The molecule has 0 saturated heterocycles. The van der Waals surface area contributed by atoms with Gasteiger partial charge in [0.2, 0.25) is 0 Å². The molecule has 0 radical (unpaired) electrons. The van der Waals surface area contributed by atoms with Crippen molar-refractivity contribution >= 4 is 34.7 Å². The van der Waals surface area contributed by atoms with E-state index in [1.807, 2.05) is 55.4 Å². The van der Waals surface area contributed by atoms with Gasteiger partial charge < -0.3 is 10.2 Å². The predicted octanol–water partition coefficient (Wildman–Crippen LogP) is 5.06. The first kappa shape index (κ1) is 19.4. The molecule has 3 aromatic rings. The third-order valence-electron chi connectivity index (χ3n) is 4.02. The first-order valence-electron chi connectivity index (χ1n) is 8.53. The maximum absolute atomic E-state index is 12.6. The number of nitro benzene ring substituents is 1. The van der Waals surface area contributed by atoms with E-state index >= 15 is 0 Å². The summed E-state index contributed by atoms with van der Waals surface area (Å²) in [5.41, 5.74) is 2.38. The molecule has 0 saturated carbocycles. The van der Waals surface area contributed by atoms with E-state index in [-0.39, 0.29) is 11.6 Å². The fraction of sp³-hybridized carbons (Fsp3) is 0.0952. The molecule has 28 heavy (non-hydrogen) atoms. The highest BCUT2D eigenvalue weighted by atomic mass is 32.2. The van der Waals surface area contributed by atoms with Gasteiger partial charge in [0.15, 0.2) is 0 Å². The van der Waals surface area contributed by atoms with Gasteiger partial charge in [-0.25, -0.2) is 0 Å². The quantitative estimate of drug-likeness (QED) is 0.468. The molecule has 0 aliphatic heterocycles. The second kappa shape index (κ2) is 8.58. The van der Waals surface area contributed by atoms with Gasteiger partial charge in [-0.15, -0.1) is 0 Å². The summed E-state index contributed by atoms with van der Waals surface area (Å²) >= 11 is 1.44. The van der Waals surface area contributed by atoms with Gasteiger partial charge in [0.05, 0.1) is 4.92 Å². The number of rotatable bonds is 6. The summed E-state index contributed by atoms with van der Waals surface area (Å²) in [6.45, 7) is 0. The molecule has 3 aromatic carbocycles. The van der Waals surface area contributed by atoms with Crippen molar-refractivity contribution in [3.8, 4) is 0 Å². The lowest BCUT2D eigenvalue weighted by Gasteiger charge is -2.13. The number of nitrogens with one attached hydrogen (secondary N) is 1. The van der Waals surface area contributed by atoms with Gasteiger partial charge >= 0.3 is 0 Å². The van der Waals surface area contributed by atoms with Crippen LogP contribution in [0, 0.1) is 10.1 Å². The van der Waals surface area contributed by atoms with Crippen LogP contribution in [0.3, 0.4) is 0 Å². The summed E-state index contributed by atoms with van der Waals surface area (Å²) in [7, 11) is 3.92. The van der Waals surface area contributed by atoms with Gasteiger partial charge in [-0.05, 0) is 54.6 Å². The molecule has 0 aliphatic carbocycles. The van der Waals surface area contributed by atoms with Crippen LogP contribution in [0.5, 0.6) is 0 Å². The van der Waals surface area contributed by atoms with Crippen molar-refractivity contribution in [2.75, 3.05) is 24.3 Å². The van der Waals surface area contributed by atoms with Crippen molar-refractivity contribution in [3.05, 3.63) is 88.5 Å². The van der Waals surface area contributed by atoms with Crippen LogP contribution in [0.15, 0.2) is 82.6 Å². The van der Waals surface area contributed by atoms with Gasteiger partial charge in [0, 0.05) is 53.0 Å². The molecule has 0 heterocycles. The standard InChI is InChI=1S/C21H19N3O3S/c1-23(2)17-8-6-16(7-9-17)22-21(25)15-4-3-5-20(14-15)28-19-12-10-18(11-13-19)24(26)27/h3-14H,1-2H3,(H,22,25). The Hall–Kier alpha value is -3.32. The van der Waals surface area contributed by atoms with Crippen LogP contribution in [0.2, 0.25) is 0 Å². The van der Waals surface area contributed by atoms with E-state index in [4.69, 9.17) is 0 Å². The summed E-state index contributed by atoms with van der Waals surface area (Å²) in [4.78, 5) is 26.6. The average Bonchev–Trinajstić information content (AvgIpc) is 2.69. The van der Waals surface area contributed by atoms with Crippen LogP contribution in [-0.4, -0.2) is 24.9 Å². The topological polar surface area (TPSA) is 75.5 Å². The number of nitro groups is 1. The second-order valence-corrected chi connectivity index (χ2v) is 7.42. The number of hydrogen-bond donors (Lipinski definition) is 1. The number of nitrogens with zero attached hydrogens (tertiary/aromatic N) is 2. The summed E-state index contributed by atoms with van der Waals surface area (Å²) in [6.07, 6.45) is 0. The highest BCUT2D eigenvalue weighted by Crippen LogP contribution is 2.29. The minimum Gasteiger partial charge on any atom is -0.378 e. The third-order valence-corrected chi connectivity index (χ3v) is 5.02. The summed E-state index contributed by atoms with van der Waals surface area (Å²) in [5.74, 6) is -0.191. The number of carbonyl (C=O) groups excluding carboxylic acids is 1. The Morgan fingerprint density at radius 3 is 2.25 bits per heavy atom. The van der Waals surface area contributed by atoms with Crippen LogP contribution in [0.4, 0.5) is 17.1 Å². The van der Waals surface area contributed by atoms with Crippen molar-refractivity contribution in [1.82, 2.24) is 0 Å². The lowest BCUT2D eigenvalue weighted by atomic mass is 10.2. The number of hydrogen-bond acceptors (Lipinski definition) is 5. The molecule has 0 bridgehead atoms. The minimum absolute atomic E-state index is 0.0535. The van der Waals surface area contributed by atoms with Crippen molar-refractivity contribution in [1.29, 1.82) is 0 Å². The Labute approximate surface area is 167 Å². The number of amides is 1. The molecular formula is C21H19N3O3S. The number of anilines is 2. The highest BCUT2D eigenvalue weighted by Gasteiger charge is 2.09.